The summed E-state index contributed by atoms with van der Waals surface area (Å²) >= 11 is 0. The molecule has 0 saturated heterocycles. The van der Waals surface area contributed by atoms with Gasteiger partial charge in [-0.05, 0) is 12.8 Å². The summed E-state index contributed by atoms with van der Waals surface area (Å²) in [5.41, 5.74) is 0. The van der Waals surface area contributed by atoms with Crippen LogP contribution in [0.1, 0.15) is 84.0 Å². The first-order chi connectivity index (χ1) is 8.41. The van der Waals surface area contributed by atoms with Crippen molar-refractivity contribution in [3.05, 3.63) is 12.2 Å². The number of allylic oxidation sites excluding steroid dienone is 2. The van der Waals surface area contributed by atoms with Gasteiger partial charge in [-0.3, -0.25) is 0 Å². The summed E-state index contributed by atoms with van der Waals surface area (Å²) in [6.07, 6.45) is 19.9. The van der Waals surface area contributed by atoms with E-state index in [-0.39, 0.29) is 0 Å². The molecule has 0 atom stereocenters. The molecule has 0 aromatic heterocycles. The Balaban J connectivity index is 2.94. The predicted octanol–water partition coefficient (Wildman–Crippen LogP) is 5.77. The van der Waals surface area contributed by atoms with Gasteiger partial charge in [0.25, 0.3) is 0 Å². The molecule has 0 aromatic rings. The third kappa shape index (κ3) is 15.2. The van der Waals surface area contributed by atoms with Crippen LogP contribution in [0.3, 0.4) is 0 Å². The van der Waals surface area contributed by atoms with Gasteiger partial charge in [-0.2, -0.15) is 5.26 Å². The van der Waals surface area contributed by atoms with Gasteiger partial charge < -0.3 is 0 Å². The lowest BCUT2D eigenvalue weighted by molar-refractivity contribution is 0.550. The molecule has 0 bridgehead atoms. The zero-order chi connectivity index (χ0) is 12.6. The van der Waals surface area contributed by atoms with E-state index in [0.717, 1.165) is 6.42 Å². The molecular formula is C16H29N. The maximum Gasteiger partial charge on any atom is 0.0908 e. The number of unbranched alkanes of at least 4 members (excludes halogenated alkanes) is 11. The second-order valence-corrected chi connectivity index (χ2v) is 4.86. The quantitative estimate of drug-likeness (QED) is 0.311. The first-order valence-corrected chi connectivity index (χ1v) is 7.46. The zero-order valence-corrected chi connectivity index (χ0v) is 11.6. The minimum atomic E-state index is 1.07. The first-order valence-electron chi connectivity index (χ1n) is 7.46. The highest BCUT2D eigenvalue weighted by Crippen LogP contribution is 2.11. The van der Waals surface area contributed by atoms with Gasteiger partial charge in [0.1, 0.15) is 0 Å². The topological polar surface area (TPSA) is 23.8 Å². The monoisotopic (exact) mass is 235 g/mol. The van der Waals surface area contributed by atoms with Crippen molar-refractivity contribution < 1.29 is 0 Å². The third-order valence-electron chi connectivity index (χ3n) is 3.17. The molecule has 17 heavy (non-hydrogen) atoms. The van der Waals surface area contributed by atoms with Gasteiger partial charge in [-0.15, -0.1) is 0 Å². The predicted molar refractivity (Wildman–Crippen MR) is 75.8 cm³/mol. The number of hydrogen-bond donors (Lipinski definition) is 0. The Labute approximate surface area is 108 Å². The van der Waals surface area contributed by atoms with Crippen LogP contribution in [0.2, 0.25) is 0 Å². The van der Waals surface area contributed by atoms with Crippen molar-refractivity contribution in [3.63, 3.8) is 0 Å². The Morgan fingerprint density at radius 1 is 0.765 bits per heavy atom. The molecule has 0 aromatic carbocycles. The number of nitriles is 1. The van der Waals surface area contributed by atoms with Gasteiger partial charge in [-0.25, -0.2) is 0 Å². The second kappa shape index (κ2) is 15.2. The Morgan fingerprint density at radius 2 is 1.24 bits per heavy atom. The lowest BCUT2D eigenvalue weighted by atomic mass is 10.1. The normalized spacial score (nSPS) is 10.8. The largest absolute Gasteiger partial charge is 0.193 e. The molecule has 0 amide bonds. The highest BCUT2D eigenvalue weighted by molar-refractivity contribution is 5.01. The molecule has 0 rings (SSSR count). The van der Waals surface area contributed by atoms with Crippen LogP contribution in [0.25, 0.3) is 0 Å². The molecule has 0 aliphatic rings. The Kier molecular flexibility index (Phi) is 14.5. The fraction of sp³-hybridized carbons (Fsp3) is 0.812. The van der Waals surface area contributed by atoms with E-state index in [1.54, 1.807) is 6.08 Å². The van der Waals surface area contributed by atoms with Crippen molar-refractivity contribution in [2.24, 2.45) is 0 Å². The van der Waals surface area contributed by atoms with Crippen LogP contribution in [0.5, 0.6) is 0 Å². The molecule has 0 radical (unpaired) electrons. The van der Waals surface area contributed by atoms with E-state index in [4.69, 9.17) is 5.26 Å². The van der Waals surface area contributed by atoms with Crippen LogP contribution in [-0.4, -0.2) is 0 Å². The standard InChI is InChI=1S/C16H29N/c1-2-3-4-5-6-7-8-9-10-11-12-13-14-15-16-17/h14-15H,2-13H2,1H3/b15-14+. The molecular weight excluding hydrogens is 206 g/mol. The van der Waals surface area contributed by atoms with Crippen LogP contribution >= 0.6 is 0 Å². The number of hydrogen-bond acceptors (Lipinski definition) is 1. The summed E-state index contributed by atoms with van der Waals surface area (Å²) in [5.74, 6) is 0. The molecule has 0 N–H and O–H groups in total. The van der Waals surface area contributed by atoms with Crippen LogP contribution in [0.15, 0.2) is 12.2 Å². The van der Waals surface area contributed by atoms with E-state index in [1.807, 2.05) is 12.1 Å². The van der Waals surface area contributed by atoms with Gasteiger partial charge in [-0.1, -0.05) is 77.2 Å². The van der Waals surface area contributed by atoms with Crippen molar-refractivity contribution >= 4 is 0 Å². The first kappa shape index (κ1) is 16.2. The van der Waals surface area contributed by atoms with Crippen molar-refractivity contribution in [1.82, 2.24) is 0 Å². The molecule has 1 heteroatoms. The van der Waals surface area contributed by atoms with Gasteiger partial charge in [0, 0.05) is 6.08 Å². The average Bonchev–Trinajstić information content (AvgIpc) is 2.35. The molecule has 0 heterocycles. The van der Waals surface area contributed by atoms with Gasteiger partial charge in [0.2, 0.25) is 0 Å². The van der Waals surface area contributed by atoms with Crippen molar-refractivity contribution in [3.8, 4) is 6.07 Å². The van der Waals surface area contributed by atoms with Crippen molar-refractivity contribution in [2.45, 2.75) is 84.0 Å². The van der Waals surface area contributed by atoms with Gasteiger partial charge in [0.05, 0.1) is 6.07 Å². The van der Waals surface area contributed by atoms with Crippen molar-refractivity contribution in [2.75, 3.05) is 0 Å². The van der Waals surface area contributed by atoms with Gasteiger partial charge >= 0.3 is 0 Å². The SMILES string of the molecule is CCCCCCCCCCCCC/C=C/C#N. The summed E-state index contributed by atoms with van der Waals surface area (Å²) in [7, 11) is 0. The van der Waals surface area contributed by atoms with E-state index < -0.39 is 0 Å². The van der Waals surface area contributed by atoms with E-state index in [1.165, 1.54) is 70.6 Å². The number of rotatable bonds is 12. The van der Waals surface area contributed by atoms with E-state index in [9.17, 15) is 0 Å². The molecule has 98 valence electrons. The Morgan fingerprint density at radius 3 is 1.71 bits per heavy atom. The second-order valence-electron chi connectivity index (χ2n) is 4.86. The van der Waals surface area contributed by atoms with Crippen molar-refractivity contribution in [1.29, 1.82) is 5.26 Å². The van der Waals surface area contributed by atoms with E-state index in [2.05, 4.69) is 6.92 Å². The maximum atomic E-state index is 8.31. The molecule has 0 fully saturated rings. The maximum absolute atomic E-state index is 8.31. The molecule has 1 nitrogen and oxygen atoms in total. The Bertz CT molecular complexity index is 200. The van der Waals surface area contributed by atoms with Gasteiger partial charge in [0.15, 0.2) is 0 Å². The van der Waals surface area contributed by atoms with E-state index >= 15 is 0 Å². The fourth-order valence-electron chi connectivity index (χ4n) is 2.06. The van der Waals surface area contributed by atoms with Crippen LogP contribution in [-0.2, 0) is 0 Å². The lowest BCUT2D eigenvalue weighted by Crippen LogP contribution is -1.81. The fourth-order valence-corrected chi connectivity index (χ4v) is 2.06. The van der Waals surface area contributed by atoms with Crippen LogP contribution in [0.4, 0.5) is 0 Å². The molecule has 0 saturated carbocycles. The smallest absolute Gasteiger partial charge is 0.0908 e. The third-order valence-corrected chi connectivity index (χ3v) is 3.17. The van der Waals surface area contributed by atoms with Crippen LogP contribution in [0, 0.1) is 11.3 Å². The summed E-state index contributed by atoms with van der Waals surface area (Å²) < 4.78 is 0. The zero-order valence-electron chi connectivity index (χ0n) is 11.6. The molecule has 0 aliphatic carbocycles. The summed E-state index contributed by atoms with van der Waals surface area (Å²) in [5, 5.41) is 8.31. The van der Waals surface area contributed by atoms with Crippen LogP contribution < -0.4 is 0 Å². The number of nitrogens with zero attached hydrogens (tertiary/aromatic N) is 1. The summed E-state index contributed by atoms with van der Waals surface area (Å²) in [6.45, 7) is 2.27. The summed E-state index contributed by atoms with van der Waals surface area (Å²) in [6, 6.07) is 2.03. The summed E-state index contributed by atoms with van der Waals surface area (Å²) in [4.78, 5) is 0. The minimum absolute atomic E-state index is 1.07. The highest BCUT2D eigenvalue weighted by Gasteiger charge is 1.92. The highest BCUT2D eigenvalue weighted by atomic mass is 14.2. The average molecular weight is 235 g/mol. The molecule has 0 spiro atoms. The molecule has 0 aliphatic heterocycles. The minimum Gasteiger partial charge on any atom is -0.193 e. The van der Waals surface area contributed by atoms with E-state index in [0.29, 0.717) is 0 Å². The lowest BCUT2D eigenvalue weighted by Gasteiger charge is -2.01. The molecule has 0 unspecified atom stereocenters. The Hall–Kier alpha value is -0.770.